The fourth-order valence-corrected chi connectivity index (χ4v) is 1.49. The molecule has 1 N–H and O–H groups in total. The average molecular weight is 203 g/mol. The van der Waals surface area contributed by atoms with Crippen molar-refractivity contribution in [3.63, 3.8) is 0 Å². The molecule has 1 aromatic rings. The Kier molecular flexibility index (Phi) is 2.46. The highest BCUT2D eigenvalue weighted by atomic mass is 16.5. The summed E-state index contributed by atoms with van der Waals surface area (Å²) >= 11 is 0. The molecule has 0 saturated carbocycles. The maximum Gasteiger partial charge on any atom is 0.262 e. The van der Waals surface area contributed by atoms with Crippen LogP contribution in [0.1, 0.15) is 19.4 Å². The number of ether oxygens (including phenoxy) is 1. The van der Waals surface area contributed by atoms with Gasteiger partial charge in [-0.05, 0) is 37.1 Å². The van der Waals surface area contributed by atoms with Crippen molar-refractivity contribution in [2.75, 3.05) is 11.9 Å². The normalized spacial score (nSPS) is 15.3. The van der Waals surface area contributed by atoms with E-state index in [9.17, 15) is 4.79 Å². The molecule has 1 amide bonds. The van der Waals surface area contributed by atoms with E-state index in [0.717, 1.165) is 17.0 Å². The molecule has 0 unspecified atom stereocenters. The molecule has 2 rings (SSSR count). The van der Waals surface area contributed by atoms with E-state index >= 15 is 0 Å². The predicted molar refractivity (Wildman–Crippen MR) is 59.9 cm³/mol. The summed E-state index contributed by atoms with van der Waals surface area (Å²) in [6, 6.07) is 5.79. The number of rotatable bonds is 1. The van der Waals surface area contributed by atoms with Crippen LogP contribution in [0.5, 0.6) is 5.75 Å². The third-order valence-corrected chi connectivity index (χ3v) is 2.50. The first-order chi connectivity index (χ1) is 7.20. The molecule has 1 heterocycles. The van der Waals surface area contributed by atoms with Crippen LogP contribution in [0.3, 0.4) is 0 Å². The van der Waals surface area contributed by atoms with E-state index in [2.05, 4.69) is 5.32 Å². The molecule has 78 valence electrons. The number of hydrogen-bond acceptors (Lipinski definition) is 2. The molecule has 0 spiro atoms. The molecule has 0 aromatic heterocycles. The van der Waals surface area contributed by atoms with E-state index in [1.807, 2.05) is 38.1 Å². The highest BCUT2D eigenvalue weighted by Crippen LogP contribution is 2.30. The standard InChI is InChI=1S/C12H13NO2/c1-3-8(2)9-4-5-10-11(6-9)15-7-12(14)13-10/h3-6H,7H2,1-2H3,(H,13,14). The van der Waals surface area contributed by atoms with Crippen LogP contribution in [0, 0.1) is 0 Å². The van der Waals surface area contributed by atoms with Gasteiger partial charge < -0.3 is 10.1 Å². The van der Waals surface area contributed by atoms with Gasteiger partial charge in [-0.2, -0.15) is 0 Å². The lowest BCUT2D eigenvalue weighted by atomic mass is 10.1. The maximum absolute atomic E-state index is 11.1. The summed E-state index contributed by atoms with van der Waals surface area (Å²) in [5, 5.41) is 2.76. The molecule has 0 aliphatic carbocycles. The predicted octanol–water partition coefficient (Wildman–Crippen LogP) is 2.44. The van der Waals surface area contributed by atoms with Gasteiger partial charge in [0.15, 0.2) is 6.61 Å². The third kappa shape index (κ3) is 1.86. The largest absolute Gasteiger partial charge is 0.482 e. The highest BCUT2D eigenvalue weighted by molar-refractivity contribution is 5.95. The highest BCUT2D eigenvalue weighted by Gasteiger charge is 2.15. The molecule has 1 aromatic carbocycles. The van der Waals surface area contributed by atoms with Gasteiger partial charge in [0, 0.05) is 0 Å². The fourth-order valence-electron chi connectivity index (χ4n) is 1.49. The summed E-state index contributed by atoms with van der Waals surface area (Å²) in [5.41, 5.74) is 3.06. The Morgan fingerprint density at radius 3 is 3.07 bits per heavy atom. The van der Waals surface area contributed by atoms with Crippen molar-refractivity contribution in [1.82, 2.24) is 0 Å². The van der Waals surface area contributed by atoms with Gasteiger partial charge in [0.05, 0.1) is 5.69 Å². The van der Waals surface area contributed by atoms with Crippen LogP contribution >= 0.6 is 0 Å². The summed E-state index contributed by atoms with van der Waals surface area (Å²) in [7, 11) is 0. The van der Waals surface area contributed by atoms with Gasteiger partial charge in [-0.25, -0.2) is 0 Å². The van der Waals surface area contributed by atoms with Gasteiger partial charge in [0.1, 0.15) is 5.75 Å². The Morgan fingerprint density at radius 2 is 2.33 bits per heavy atom. The number of amides is 1. The maximum atomic E-state index is 11.1. The molecular weight excluding hydrogens is 190 g/mol. The number of carbonyl (C=O) groups is 1. The van der Waals surface area contributed by atoms with Gasteiger partial charge in [-0.15, -0.1) is 0 Å². The molecule has 3 heteroatoms. The van der Waals surface area contributed by atoms with Crippen molar-refractivity contribution in [2.24, 2.45) is 0 Å². The Bertz CT molecular complexity index is 435. The van der Waals surface area contributed by atoms with Gasteiger partial charge in [-0.1, -0.05) is 12.1 Å². The second kappa shape index (κ2) is 3.77. The zero-order chi connectivity index (χ0) is 10.8. The zero-order valence-corrected chi connectivity index (χ0v) is 8.83. The van der Waals surface area contributed by atoms with E-state index in [1.54, 1.807) is 0 Å². The van der Waals surface area contributed by atoms with Crippen LogP contribution < -0.4 is 10.1 Å². The molecule has 0 fully saturated rings. The fraction of sp³-hybridized carbons (Fsp3) is 0.250. The van der Waals surface area contributed by atoms with Crippen LogP contribution in [0.2, 0.25) is 0 Å². The number of carbonyl (C=O) groups excluding carboxylic acids is 1. The topological polar surface area (TPSA) is 38.3 Å². The van der Waals surface area contributed by atoms with Crippen molar-refractivity contribution in [3.05, 3.63) is 29.8 Å². The molecule has 0 radical (unpaired) electrons. The van der Waals surface area contributed by atoms with Crippen LogP contribution in [0.4, 0.5) is 5.69 Å². The molecule has 15 heavy (non-hydrogen) atoms. The Balaban J connectivity index is 2.39. The molecule has 0 atom stereocenters. The lowest BCUT2D eigenvalue weighted by Crippen LogP contribution is -2.25. The van der Waals surface area contributed by atoms with Gasteiger partial charge >= 0.3 is 0 Å². The van der Waals surface area contributed by atoms with E-state index in [1.165, 1.54) is 5.57 Å². The Labute approximate surface area is 88.8 Å². The third-order valence-electron chi connectivity index (χ3n) is 2.50. The van der Waals surface area contributed by atoms with Crippen molar-refractivity contribution < 1.29 is 9.53 Å². The first-order valence-electron chi connectivity index (χ1n) is 4.90. The first-order valence-corrected chi connectivity index (χ1v) is 4.90. The van der Waals surface area contributed by atoms with Crippen LogP contribution in [0.25, 0.3) is 5.57 Å². The minimum atomic E-state index is -0.0991. The van der Waals surface area contributed by atoms with Crippen molar-refractivity contribution in [3.8, 4) is 5.75 Å². The lowest BCUT2D eigenvalue weighted by Gasteiger charge is -2.18. The number of anilines is 1. The number of benzene rings is 1. The molecule has 0 saturated heterocycles. The molecule has 1 aliphatic rings. The summed E-state index contributed by atoms with van der Waals surface area (Å²) in [6.07, 6.45) is 2.04. The molecule has 0 bridgehead atoms. The monoisotopic (exact) mass is 203 g/mol. The Hall–Kier alpha value is -1.77. The first kappa shape index (κ1) is 9.77. The smallest absolute Gasteiger partial charge is 0.262 e. The van der Waals surface area contributed by atoms with E-state index < -0.39 is 0 Å². The molecular formula is C12H13NO2. The summed E-state index contributed by atoms with van der Waals surface area (Å²) in [5.74, 6) is 0.645. The van der Waals surface area contributed by atoms with Crippen molar-refractivity contribution >= 4 is 17.2 Å². The van der Waals surface area contributed by atoms with Crippen LogP contribution in [0.15, 0.2) is 24.3 Å². The quantitative estimate of drug-likeness (QED) is 0.761. The number of nitrogens with one attached hydrogen (secondary N) is 1. The second-order valence-electron chi connectivity index (χ2n) is 3.52. The SMILES string of the molecule is CC=C(C)c1ccc2c(c1)OCC(=O)N2. The van der Waals surface area contributed by atoms with Crippen LogP contribution in [-0.4, -0.2) is 12.5 Å². The minimum Gasteiger partial charge on any atom is -0.482 e. The van der Waals surface area contributed by atoms with E-state index in [-0.39, 0.29) is 12.5 Å². The summed E-state index contributed by atoms with van der Waals surface area (Å²) in [6.45, 7) is 4.14. The van der Waals surface area contributed by atoms with E-state index in [0.29, 0.717) is 0 Å². The summed E-state index contributed by atoms with van der Waals surface area (Å²) < 4.78 is 5.33. The van der Waals surface area contributed by atoms with Crippen molar-refractivity contribution in [1.29, 1.82) is 0 Å². The van der Waals surface area contributed by atoms with Gasteiger partial charge in [0.2, 0.25) is 0 Å². The van der Waals surface area contributed by atoms with Gasteiger partial charge in [0.25, 0.3) is 5.91 Å². The van der Waals surface area contributed by atoms with Crippen molar-refractivity contribution in [2.45, 2.75) is 13.8 Å². The average Bonchev–Trinajstić information content (AvgIpc) is 2.27. The molecule has 1 aliphatic heterocycles. The van der Waals surface area contributed by atoms with Gasteiger partial charge in [-0.3, -0.25) is 4.79 Å². The zero-order valence-electron chi connectivity index (χ0n) is 8.83. The summed E-state index contributed by atoms with van der Waals surface area (Å²) in [4.78, 5) is 11.1. The van der Waals surface area contributed by atoms with Crippen LogP contribution in [-0.2, 0) is 4.79 Å². The lowest BCUT2D eigenvalue weighted by molar-refractivity contribution is -0.118. The van der Waals surface area contributed by atoms with E-state index in [4.69, 9.17) is 4.74 Å². The minimum absolute atomic E-state index is 0.0991. The molecule has 3 nitrogen and oxygen atoms in total. The number of allylic oxidation sites excluding steroid dienone is 2. The second-order valence-corrected chi connectivity index (χ2v) is 3.52. The number of fused-ring (bicyclic) bond motifs is 1. The Morgan fingerprint density at radius 1 is 1.53 bits per heavy atom. The number of hydrogen-bond donors (Lipinski definition) is 1.